The van der Waals surface area contributed by atoms with Crippen molar-refractivity contribution in [2.24, 2.45) is 5.73 Å². The zero-order chi connectivity index (χ0) is 11.7. The Morgan fingerprint density at radius 3 is 2.75 bits per heavy atom. The van der Waals surface area contributed by atoms with Crippen molar-refractivity contribution in [3.05, 3.63) is 46.4 Å². The van der Waals surface area contributed by atoms with Crippen LogP contribution in [-0.2, 0) is 0 Å². The molecule has 1 unspecified atom stereocenters. The van der Waals surface area contributed by atoms with Crippen LogP contribution in [0.1, 0.15) is 23.4 Å². The fraction of sp³-hybridized carbons (Fsp3) is 0.200. The van der Waals surface area contributed by atoms with Crippen LogP contribution in [0.15, 0.2) is 22.6 Å². The van der Waals surface area contributed by atoms with Crippen LogP contribution >= 0.6 is 11.6 Å². The van der Waals surface area contributed by atoms with E-state index in [1.807, 2.05) is 0 Å². The van der Waals surface area contributed by atoms with Gasteiger partial charge < -0.3 is 10.2 Å². The van der Waals surface area contributed by atoms with E-state index in [1.54, 1.807) is 13.0 Å². The molecule has 4 nitrogen and oxygen atoms in total. The minimum atomic E-state index is -0.645. The Morgan fingerprint density at radius 1 is 1.44 bits per heavy atom. The highest BCUT2D eigenvalue weighted by atomic mass is 35.5. The Balaban J connectivity index is 2.33. The molecule has 16 heavy (non-hydrogen) atoms. The number of aryl methyl sites for hydroxylation is 1. The molecule has 1 aromatic carbocycles. The first-order chi connectivity index (χ1) is 7.58. The second-order valence-corrected chi connectivity index (χ2v) is 3.72. The molecule has 0 spiro atoms. The molecule has 0 saturated carbocycles. The van der Waals surface area contributed by atoms with E-state index in [1.165, 1.54) is 12.1 Å². The van der Waals surface area contributed by atoms with Gasteiger partial charge in [-0.05, 0) is 17.7 Å². The predicted molar refractivity (Wildman–Crippen MR) is 56.5 cm³/mol. The number of nitrogens with two attached hydrogens (primary N) is 1. The van der Waals surface area contributed by atoms with Gasteiger partial charge in [-0.2, -0.15) is 0 Å². The molecule has 0 bridgehead atoms. The average molecular weight is 242 g/mol. The SMILES string of the molecule is Cc1nnc(C(N)c2ccc(Cl)c(F)c2)o1. The summed E-state index contributed by atoms with van der Waals surface area (Å²) < 4.78 is 18.4. The zero-order valence-corrected chi connectivity index (χ0v) is 9.20. The summed E-state index contributed by atoms with van der Waals surface area (Å²) in [6.45, 7) is 1.66. The van der Waals surface area contributed by atoms with E-state index < -0.39 is 11.9 Å². The monoisotopic (exact) mass is 241 g/mol. The molecule has 1 atom stereocenters. The maximum absolute atomic E-state index is 13.2. The summed E-state index contributed by atoms with van der Waals surface area (Å²) >= 11 is 5.57. The normalized spacial score (nSPS) is 12.8. The summed E-state index contributed by atoms with van der Waals surface area (Å²) in [4.78, 5) is 0. The number of nitrogens with zero attached hydrogens (tertiary/aromatic N) is 2. The topological polar surface area (TPSA) is 64.9 Å². The Labute approximate surface area is 96.2 Å². The van der Waals surface area contributed by atoms with Gasteiger partial charge in [0, 0.05) is 6.92 Å². The van der Waals surface area contributed by atoms with Gasteiger partial charge in [0.2, 0.25) is 11.8 Å². The lowest BCUT2D eigenvalue weighted by molar-refractivity contribution is 0.450. The maximum atomic E-state index is 13.2. The fourth-order valence-electron chi connectivity index (χ4n) is 1.29. The van der Waals surface area contributed by atoms with Crippen molar-refractivity contribution in [3.63, 3.8) is 0 Å². The van der Waals surface area contributed by atoms with E-state index >= 15 is 0 Å². The lowest BCUT2D eigenvalue weighted by atomic mass is 10.1. The Bertz CT molecular complexity index is 515. The van der Waals surface area contributed by atoms with Crippen molar-refractivity contribution < 1.29 is 8.81 Å². The van der Waals surface area contributed by atoms with Crippen molar-refractivity contribution in [3.8, 4) is 0 Å². The van der Waals surface area contributed by atoms with Gasteiger partial charge in [0.15, 0.2) is 0 Å². The van der Waals surface area contributed by atoms with Gasteiger partial charge in [0.05, 0.1) is 5.02 Å². The summed E-state index contributed by atoms with van der Waals surface area (Å²) in [7, 11) is 0. The van der Waals surface area contributed by atoms with E-state index in [4.69, 9.17) is 21.8 Å². The molecule has 0 aliphatic carbocycles. The van der Waals surface area contributed by atoms with Crippen LogP contribution in [0.25, 0.3) is 0 Å². The van der Waals surface area contributed by atoms with Gasteiger partial charge in [-0.15, -0.1) is 10.2 Å². The van der Waals surface area contributed by atoms with Gasteiger partial charge in [-0.1, -0.05) is 17.7 Å². The molecular formula is C10H9ClFN3O. The van der Waals surface area contributed by atoms with Crippen molar-refractivity contribution in [2.75, 3.05) is 0 Å². The lowest BCUT2D eigenvalue weighted by Crippen LogP contribution is -2.12. The van der Waals surface area contributed by atoms with Gasteiger partial charge in [-0.25, -0.2) is 4.39 Å². The average Bonchev–Trinajstić information content (AvgIpc) is 2.68. The predicted octanol–water partition coefficient (Wildman–Crippen LogP) is 2.22. The van der Waals surface area contributed by atoms with E-state index in [2.05, 4.69) is 10.2 Å². The largest absolute Gasteiger partial charge is 0.424 e. The van der Waals surface area contributed by atoms with Gasteiger partial charge in [-0.3, -0.25) is 0 Å². The molecule has 0 aliphatic heterocycles. The zero-order valence-electron chi connectivity index (χ0n) is 8.45. The van der Waals surface area contributed by atoms with E-state index in [9.17, 15) is 4.39 Å². The molecule has 6 heteroatoms. The number of aromatic nitrogens is 2. The molecule has 1 heterocycles. The van der Waals surface area contributed by atoms with Crippen LogP contribution in [0, 0.1) is 12.7 Å². The van der Waals surface area contributed by atoms with Crippen LogP contribution in [-0.4, -0.2) is 10.2 Å². The lowest BCUT2D eigenvalue weighted by Gasteiger charge is -2.07. The third-order valence-electron chi connectivity index (χ3n) is 2.11. The number of halogens is 2. The molecule has 0 amide bonds. The van der Waals surface area contributed by atoms with Crippen LogP contribution in [0.2, 0.25) is 5.02 Å². The van der Waals surface area contributed by atoms with Gasteiger partial charge in [0.1, 0.15) is 11.9 Å². The van der Waals surface area contributed by atoms with Crippen LogP contribution in [0.5, 0.6) is 0 Å². The smallest absolute Gasteiger partial charge is 0.237 e. The first-order valence-corrected chi connectivity index (χ1v) is 4.96. The molecule has 1 aromatic heterocycles. The maximum Gasteiger partial charge on any atom is 0.237 e. The minimum Gasteiger partial charge on any atom is -0.424 e. The quantitative estimate of drug-likeness (QED) is 0.876. The highest BCUT2D eigenvalue weighted by Gasteiger charge is 2.16. The summed E-state index contributed by atoms with van der Waals surface area (Å²) in [6, 6.07) is 3.67. The summed E-state index contributed by atoms with van der Waals surface area (Å²) in [6.07, 6.45) is 0. The highest BCUT2D eigenvalue weighted by Crippen LogP contribution is 2.22. The number of benzene rings is 1. The van der Waals surface area contributed by atoms with Crippen LogP contribution in [0.3, 0.4) is 0 Å². The van der Waals surface area contributed by atoms with Crippen molar-refractivity contribution in [2.45, 2.75) is 13.0 Å². The molecule has 2 aromatic rings. The third-order valence-corrected chi connectivity index (χ3v) is 2.42. The molecule has 0 radical (unpaired) electrons. The van der Waals surface area contributed by atoms with Gasteiger partial charge >= 0.3 is 0 Å². The standard InChI is InChI=1S/C10H9ClFN3O/c1-5-14-15-10(16-5)9(13)6-2-3-7(11)8(12)4-6/h2-4,9H,13H2,1H3. The van der Waals surface area contributed by atoms with Crippen molar-refractivity contribution >= 4 is 11.6 Å². The molecule has 2 N–H and O–H groups in total. The Morgan fingerprint density at radius 2 is 2.19 bits per heavy atom. The van der Waals surface area contributed by atoms with Crippen molar-refractivity contribution in [1.29, 1.82) is 0 Å². The second kappa shape index (κ2) is 4.19. The summed E-state index contributed by atoms with van der Waals surface area (Å²) in [5.41, 5.74) is 6.38. The number of hydrogen-bond acceptors (Lipinski definition) is 4. The van der Waals surface area contributed by atoms with Crippen molar-refractivity contribution in [1.82, 2.24) is 10.2 Å². The molecular weight excluding hydrogens is 233 g/mol. The fourth-order valence-corrected chi connectivity index (χ4v) is 1.40. The van der Waals surface area contributed by atoms with E-state index in [0.717, 1.165) is 0 Å². The number of hydrogen-bond donors (Lipinski definition) is 1. The molecule has 2 rings (SSSR count). The van der Waals surface area contributed by atoms with E-state index in [0.29, 0.717) is 11.5 Å². The van der Waals surface area contributed by atoms with Crippen LogP contribution in [0.4, 0.5) is 4.39 Å². The second-order valence-electron chi connectivity index (χ2n) is 3.31. The third kappa shape index (κ3) is 2.05. The van der Waals surface area contributed by atoms with E-state index in [-0.39, 0.29) is 10.9 Å². The van der Waals surface area contributed by atoms with Crippen LogP contribution < -0.4 is 5.73 Å². The molecule has 0 saturated heterocycles. The molecule has 0 aliphatic rings. The first-order valence-electron chi connectivity index (χ1n) is 4.58. The highest BCUT2D eigenvalue weighted by molar-refractivity contribution is 6.30. The molecule has 0 fully saturated rings. The Kier molecular flexibility index (Phi) is 2.89. The Hall–Kier alpha value is -1.46. The molecule has 84 valence electrons. The first kappa shape index (κ1) is 11.0. The minimum absolute atomic E-state index is 0.0534. The van der Waals surface area contributed by atoms with Gasteiger partial charge in [0.25, 0.3) is 0 Å². The summed E-state index contributed by atoms with van der Waals surface area (Å²) in [5, 5.41) is 7.49. The number of rotatable bonds is 2. The summed E-state index contributed by atoms with van der Waals surface area (Å²) in [5.74, 6) is 0.143.